The lowest BCUT2D eigenvalue weighted by Crippen LogP contribution is -2.65. The van der Waals surface area contributed by atoms with Gasteiger partial charge in [0.1, 0.15) is 11.9 Å². The van der Waals surface area contributed by atoms with Crippen LogP contribution in [0.25, 0.3) is 0 Å². The molecule has 2 aliphatic heterocycles. The number of nitrogens with zero attached hydrogens (tertiary/aromatic N) is 3. The summed E-state index contributed by atoms with van der Waals surface area (Å²) in [7, 11) is 0. The van der Waals surface area contributed by atoms with E-state index >= 15 is 0 Å². The Morgan fingerprint density at radius 3 is 3.09 bits per heavy atom. The van der Waals surface area contributed by atoms with Crippen LogP contribution in [0.15, 0.2) is 35.2 Å². The van der Waals surface area contributed by atoms with Crippen molar-refractivity contribution in [3.05, 3.63) is 42.2 Å². The van der Waals surface area contributed by atoms with Gasteiger partial charge in [0.05, 0.1) is 36.9 Å². The van der Waals surface area contributed by atoms with Crippen LogP contribution in [0.3, 0.4) is 0 Å². The molecule has 0 N–H and O–H groups in total. The van der Waals surface area contributed by atoms with Crippen LogP contribution in [-0.2, 0) is 11.3 Å². The normalized spacial score (nSPS) is 23.6. The molecule has 1 spiro atoms. The number of rotatable bonds is 4. The first-order valence-electron chi connectivity index (χ1n) is 8.05. The number of likely N-dealkylation sites (tertiary alicyclic amines) is 1. The van der Waals surface area contributed by atoms with Crippen molar-refractivity contribution < 1.29 is 13.9 Å². The molecule has 0 saturated carbocycles. The van der Waals surface area contributed by atoms with Crippen LogP contribution < -0.4 is 4.74 Å². The van der Waals surface area contributed by atoms with Crippen molar-refractivity contribution in [2.75, 3.05) is 19.7 Å². The summed E-state index contributed by atoms with van der Waals surface area (Å²) in [5.74, 6) is 1.61. The van der Waals surface area contributed by atoms with Gasteiger partial charge in [0.25, 0.3) is 0 Å². The summed E-state index contributed by atoms with van der Waals surface area (Å²) < 4.78 is 17.5. The van der Waals surface area contributed by atoms with Crippen molar-refractivity contribution in [2.45, 2.75) is 38.0 Å². The lowest BCUT2D eigenvalue weighted by Gasteiger charge is -2.52. The third kappa shape index (κ3) is 3.23. The van der Waals surface area contributed by atoms with Gasteiger partial charge in [-0.15, -0.1) is 0 Å². The zero-order chi connectivity index (χ0) is 15.7. The van der Waals surface area contributed by atoms with Crippen molar-refractivity contribution in [1.29, 1.82) is 0 Å². The van der Waals surface area contributed by atoms with Gasteiger partial charge in [0.15, 0.2) is 0 Å². The number of aryl methyl sites for hydroxylation is 1. The van der Waals surface area contributed by atoms with E-state index in [1.54, 1.807) is 18.7 Å². The van der Waals surface area contributed by atoms with E-state index in [2.05, 4.69) is 14.9 Å². The van der Waals surface area contributed by atoms with Crippen LogP contribution in [0.4, 0.5) is 0 Å². The molecule has 0 aromatic carbocycles. The fraction of sp³-hybridized carbons (Fsp3) is 0.529. The average Bonchev–Trinajstić information content (AvgIpc) is 2.99. The molecule has 2 aromatic heterocycles. The Labute approximate surface area is 135 Å². The van der Waals surface area contributed by atoms with Crippen LogP contribution >= 0.6 is 0 Å². The van der Waals surface area contributed by atoms with E-state index in [9.17, 15) is 0 Å². The molecular formula is C17H21N3O3. The zero-order valence-electron chi connectivity index (χ0n) is 13.3. The minimum atomic E-state index is -0.0766. The smallest absolute Gasteiger partial charge is 0.232 e. The monoisotopic (exact) mass is 315 g/mol. The highest BCUT2D eigenvalue weighted by Crippen LogP contribution is 2.36. The average molecular weight is 315 g/mol. The zero-order valence-corrected chi connectivity index (χ0v) is 13.3. The Hall–Kier alpha value is -1.92. The molecule has 0 aliphatic carbocycles. The molecule has 2 aliphatic rings. The van der Waals surface area contributed by atoms with Crippen LogP contribution in [0.5, 0.6) is 5.88 Å². The first kappa shape index (κ1) is 14.7. The molecule has 4 rings (SSSR count). The molecule has 0 amide bonds. The van der Waals surface area contributed by atoms with Gasteiger partial charge < -0.3 is 13.9 Å². The second-order valence-electron chi connectivity index (χ2n) is 6.49. The van der Waals surface area contributed by atoms with E-state index in [4.69, 9.17) is 13.9 Å². The fourth-order valence-electron chi connectivity index (χ4n) is 3.48. The Bertz CT molecular complexity index is 653. The Morgan fingerprint density at radius 2 is 2.30 bits per heavy atom. The molecule has 1 atom stereocenters. The van der Waals surface area contributed by atoms with Crippen molar-refractivity contribution in [1.82, 2.24) is 14.9 Å². The van der Waals surface area contributed by atoms with E-state index in [1.165, 1.54) is 0 Å². The highest BCUT2D eigenvalue weighted by Gasteiger charge is 2.48. The topological polar surface area (TPSA) is 60.6 Å². The molecule has 6 nitrogen and oxygen atoms in total. The predicted molar refractivity (Wildman–Crippen MR) is 83.1 cm³/mol. The van der Waals surface area contributed by atoms with E-state index < -0.39 is 0 Å². The minimum Gasteiger partial charge on any atom is -0.473 e. The number of furan rings is 1. The molecule has 6 heteroatoms. The highest BCUT2D eigenvalue weighted by atomic mass is 16.5. The number of ether oxygens (including phenoxy) is 2. The summed E-state index contributed by atoms with van der Waals surface area (Å²) in [5, 5.41) is 0. The number of hydrogen-bond donors (Lipinski definition) is 0. The molecule has 2 fully saturated rings. The first-order valence-corrected chi connectivity index (χ1v) is 8.05. The van der Waals surface area contributed by atoms with Crippen molar-refractivity contribution in [3.63, 3.8) is 0 Å². The summed E-state index contributed by atoms with van der Waals surface area (Å²) in [4.78, 5) is 10.9. The van der Waals surface area contributed by atoms with Gasteiger partial charge in [-0.2, -0.15) is 0 Å². The van der Waals surface area contributed by atoms with Gasteiger partial charge in [-0.25, -0.2) is 4.98 Å². The van der Waals surface area contributed by atoms with Crippen molar-refractivity contribution in [3.8, 4) is 5.88 Å². The molecule has 1 unspecified atom stereocenters. The number of aromatic nitrogens is 2. The quantitative estimate of drug-likeness (QED) is 0.862. The van der Waals surface area contributed by atoms with E-state index in [0.717, 1.165) is 50.5 Å². The van der Waals surface area contributed by atoms with Gasteiger partial charge in [-0.3, -0.25) is 9.88 Å². The minimum absolute atomic E-state index is 0.0766. The third-order valence-corrected chi connectivity index (χ3v) is 4.45. The summed E-state index contributed by atoms with van der Waals surface area (Å²) >= 11 is 0. The molecule has 2 saturated heterocycles. The van der Waals surface area contributed by atoms with Gasteiger partial charge in [-0.05, 0) is 19.1 Å². The highest BCUT2D eigenvalue weighted by molar-refractivity contribution is 5.09. The van der Waals surface area contributed by atoms with Gasteiger partial charge in [0, 0.05) is 32.1 Å². The fourth-order valence-corrected chi connectivity index (χ4v) is 3.48. The number of hydrogen-bond acceptors (Lipinski definition) is 6. The maximum atomic E-state index is 6.05. The van der Waals surface area contributed by atoms with E-state index in [0.29, 0.717) is 5.88 Å². The summed E-state index contributed by atoms with van der Waals surface area (Å²) in [6, 6.07) is 3.93. The molecule has 0 bridgehead atoms. The summed E-state index contributed by atoms with van der Waals surface area (Å²) in [5.41, 5.74) is 0.796. The van der Waals surface area contributed by atoms with Gasteiger partial charge in [0.2, 0.25) is 5.88 Å². The predicted octanol–water partition coefficient (Wildman–Crippen LogP) is 2.19. The van der Waals surface area contributed by atoms with Crippen LogP contribution in [0, 0.1) is 6.92 Å². The van der Waals surface area contributed by atoms with E-state index in [1.807, 2.05) is 19.1 Å². The maximum absolute atomic E-state index is 6.05. The lowest BCUT2D eigenvalue weighted by atomic mass is 9.84. The second kappa shape index (κ2) is 5.94. The Morgan fingerprint density at radius 1 is 1.39 bits per heavy atom. The molecule has 122 valence electrons. The largest absolute Gasteiger partial charge is 0.473 e. The van der Waals surface area contributed by atoms with Crippen LogP contribution in [0.1, 0.15) is 24.3 Å². The Kier molecular flexibility index (Phi) is 3.79. The van der Waals surface area contributed by atoms with Gasteiger partial charge in [-0.1, -0.05) is 0 Å². The van der Waals surface area contributed by atoms with Crippen LogP contribution in [0.2, 0.25) is 0 Å². The molecule has 23 heavy (non-hydrogen) atoms. The standard InChI is InChI=1S/C17H21N3O3/c1-13-8-18-9-16(19-13)23-14-4-6-22-17(7-14)11-20(12-17)10-15-3-2-5-21-15/h2-3,5,8-9,14H,4,6-7,10-12H2,1H3. The van der Waals surface area contributed by atoms with E-state index in [-0.39, 0.29) is 11.7 Å². The van der Waals surface area contributed by atoms with Gasteiger partial charge >= 0.3 is 0 Å². The van der Waals surface area contributed by atoms with Crippen molar-refractivity contribution in [2.24, 2.45) is 0 Å². The Balaban J connectivity index is 1.33. The molecule has 0 radical (unpaired) electrons. The second-order valence-corrected chi connectivity index (χ2v) is 6.49. The molecule has 2 aromatic rings. The third-order valence-electron chi connectivity index (χ3n) is 4.45. The summed E-state index contributed by atoms with van der Waals surface area (Å²) in [6.07, 6.45) is 7.07. The summed E-state index contributed by atoms with van der Waals surface area (Å²) in [6.45, 7) is 5.34. The lowest BCUT2D eigenvalue weighted by molar-refractivity contribution is -0.189. The SMILES string of the molecule is Cc1cncc(OC2CCOC3(C2)CN(Cc2ccco2)C3)n1. The maximum Gasteiger partial charge on any atom is 0.232 e. The molecular weight excluding hydrogens is 294 g/mol. The molecule has 4 heterocycles. The first-order chi connectivity index (χ1) is 11.2. The van der Waals surface area contributed by atoms with Crippen molar-refractivity contribution >= 4 is 0 Å². The van der Waals surface area contributed by atoms with Crippen LogP contribution in [-0.4, -0.2) is 46.3 Å².